The van der Waals surface area contributed by atoms with E-state index >= 15 is 0 Å². The van der Waals surface area contributed by atoms with Gasteiger partial charge in [0.2, 0.25) is 0 Å². The van der Waals surface area contributed by atoms with Crippen molar-refractivity contribution in [2.24, 2.45) is 0 Å². The first kappa shape index (κ1) is 32.0. The van der Waals surface area contributed by atoms with Gasteiger partial charge < -0.3 is 18.6 Å². The fourth-order valence-electron chi connectivity index (χ4n) is 11.5. The van der Waals surface area contributed by atoms with Crippen LogP contribution >= 0.6 is 0 Å². The van der Waals surface area contributed by atoms with Gasteiger partial charge in [0.25, 0.3) is 13.4 Å². The summed E-state index contributed by atoms with van der Waals surface area (Å²) < 4.78 is 19.9. The van der Waals surface area contributed by atoms with Gasteiger partial charge in [-0.2, -0.15) is 0 Å². The highest BCUT2D eigenvalue weighted by molar-refractivity contribution is 7.02. The lowest BCUT2D eigenvalue weighted by Crippen LogP contribution is -2.62. The van der Waals surface area contributed by atoms with Crippen LogP contribution in [-0.2, 0) is 0 Å². The number of nitrogens with zero attached hydrogens (tertiary/aromatic N) is 2. The lowest BCUT2D eigenvalue weighted by atomic mass is 9.31. The summed E-state index contributed by atoms with van der Waals surface area (Å²) in [7, 11) is 0. The first-order valence-electron chi connectivity index (χ1n) is 20.8. The maximum Gasteiger partial charge on any atom is 0.256 e. The molecule has 0 radical (unpaired) electrons. The largest absolute Gasteiger partial charge is 0.458 e. The molecule has 6 heteroatoms. The van der Waals surface area contributed by atoms with Crippen molar-refractivity contribution < 1.29 is 9.47 Å². The van der Waals surface area contributed by atoms with E-state index in [1.54, 1.807) is 0 Å². The van der Waals surface area contributed by atoms with Crippen LogP contribution in [-0.4, -0.2) is 22.6 Å². The normalized spacial score (nSPS) is 14.1. The first-order chi connectivity index (χ1) is 27.8. The Balaban J connectivity index is 1.17. The van der Waals surface area contributed by atoms with Crippen LogP contribution in [0, 0.1) is 0 Å². The molecule has 4 aliphatic heterocycles. The number of fused-ring (bicyclic) bond motifs is 16. The van der Waals surface area contributed by atoms with Crippen LogP contribution in [0.25, 0.3) is 55.0 Å². The number of ether oxygens (including phenoxy) is 2. The van der Waals surface area contributed by atoms with Crippen molar-refractivity contribution >= 4 is 89.8 Å². The molecule has 0 fully saturated rings. The zero-order valence-electron chi connectivity index (χ0n) is 33.1. The molecular weight excluding hydrogens is 694 g/mol. The second kappa shape index (κ2) is 10.8. The van der Waals surface area contributed by atoms with Crippen molar-refractivity contribution in [3.05, 3.63) is 132 Å². The molecule has 0 spiro atoms. The van der Waals surface area contributed by atoms with Gasteiger partial charge in [-0.1, -0.05) is 120 Å². The zero-order valence-corrected chi connectivity index (χ0v) is 33.1. The van der Waals surface area contributed by atoms with Crippen LogP contribution in [0.2, 0.25) is 0 Å². The maximum atomic E-state index is 7.42. The van der Waals surface area contributed by atoms with E-state index in [2.05, 4.69) is 166 Å². The highest BCUT2D eigenvalue weighted by atomic mass is 16.5. The summed E-state index contributed by atoms with van der Waals surface area (Å²) in [5.74, 6) is 4.64. The third-order valence-electron chi connectivity index (χ3n) is 13.7. The molecule has 7 aromatic carbocycles. The van der Waals surface area contributed by atoms with Gasteiger partial charge in [-0.05, 0) is 98.1 Å². The van der Waals surface area contributed by atoms with E-state index < -0.39 is 0 Å². The van der Waals surface area contributed by atoms with Gasteiger partial charge in [-0.3, -0.25) is 0 Å². The predicted octanol–water partition coefficient (Wildman–Crippen LogP) is 9.12. The highest BCUT2D eigenvalue weighted by Crippen LogP contribution is 2.48. The topological polar surface area (TPSA) is 28.3 Å². The van der Waals surface area contributed by atoms with E-state index in [-0.39, 0.29) is 19.3 Å². The monoisotopic (exact) mass is 734 g/mol. The highest BCUT2D eigenvalue weighted by Gasteiger charge is 2.47. The first-order valence-corrected chi connectivity index (χ1v) is 20.8. The Kier molecular flexibility index (Phi) is 6.08. The van der Waals surface area contributed by atoms with E-state index in [4.69, 9.17) is 9.47 Å². The third-order valence-corrected chi connectivity index (χ3v) is 13.7. The van der Waals surface area contributed by atoms with E-state index in [1.165, 1.54) is 98.9 Å². The van der Waals surface area contributed by atoms with E-state index in [0.29, 0.717) is 11.8 Å². The Morgan fingerprint density at radius 1 is 0.456 bits per heavy atom. The number of hydrogen-bond donors (Lipinski definition) is 0. The molecule has 57 heavy (non-hydrogen) atoms. The number of hydrogen-bond acceptors (Lipinski definition) is 2. The van der Waals surface area contributed by atoms with E-state index in [9.17, 15) is 0 Å². The van der Waals surface area contributed by atoms with Crippen molar-refractivity contribution in [2.75, 3.05) is 0 Å². The SMILES string of the molecule is CC(C)c1c2c(cc3c1Oc1cc(C(C)C)c4c5ccccc5n5c4c1B3c1ccccc1-5)B1c3ccccc3-n3c4ccccc4c4c(C(C)C)cc(c1c43)O2. The number of para-hydroxylation sites is 4. The summed E-state index contributed by atoms with van der Waals surface area (Å²) in [4.78, 5) is 0. The molecule has 6 heterocycles. The smallest absolute Gasteiger partial charge is 0.256 e. The molecular formula is C51H40B2N2O2. The molecule has 272 valence electrons. The van der Waals surface area contributed by atoms with Crippen LogP contribution < -0.4 is 42.3 Å². The number of benzene rings is 7. The quantitative estimate of drug-likeness (QED) is 0.170. The Bertz CT molecular complexity index is 3100. The molecule has 0 unspecified atom stereocenters. The van der Waals surface area contributed by atoms with Crippen molar-refractivity contribution in [3.63, 3.8) is 0 Å². The predicted molar refractivity (Wildman–Crippen MR) is 240 cm³/mol. The summed E-state index contributed by atoms with van der Waals surface area (Å²) in [5, 5.41) is 5.31. The van der Waals surface area contributed by atoms with Crippen LogP contribution in [0.3, 0.4) is 0 Å². The van der Waals surface area contributed by atoms with Crippen LogP contribution in [0.1, 0.15) is 76.0 Å². The van der Waals surface area contributed by atoms with E-state index in [0.717, 1.165) is 28.6 Å². The minimum absolute atomic E-state index is 0.00158. The molecule has 13 rings (SSSR count). The summed E-state index contributed by atoms with van der Waals surface area (Å²) in [6.45, 7) is 13.9. The van der Waals surface area contributed by atoms with Gasteiger partial charge in [0.15, 0.2) is 0 Å². The standard InChI is InChI=1S/C51H40B2N2O2/c1-26(2)31-23-41-46-48-44(31)29-15-7-11-19-37(29)54(48)39-21-13-9-17-33(39)52(46)35-25-36-51(43(28(5)6)50(35)56-41)57-42-24-32(27(3)4)45-30-16-8-12-20-38(30)55-40-22-14-10-18-34(40)53(36)47(42)49(45)55/h7-28H,1-6H3. The van der Waals surface area contributed by atoms with Gasteiger partial charge >= 0.3 is 0 Å². The molecule has 0 amide bonds. The average molecular weight is 735 g/mol. The number of aromatic nitrogens is 2. The third kappa shape index (κ3) is 3.78. The molecule has 9 aromatic rings. The molecule has 0 N–H and O–H groups in total. The van der Waals surface area contributed by atoms with Crippen LogP contribution in [0.5, 0.6) is 23.0 Å². The fourth-order valence-corrected chi connectivity index (χ4v) is 11.5. The average Bonchev–Trinajstić information content (AvgIpc) is 3.75. The lowest BCUT2D eigenvalue weighted by Gasteiger charge is -2.39. The second-order valence-corrected chi connectivity index (χ2v) is 17.7. The molecule has 2 aromatic heterocycles. The fraction of sp³-hybridized carbons (Fsp3) is 0.176. The Hall–Kier alpha value is -6.13. The Morgan fingerprint density at radius 2 is 0.877 bits per heavy atom. The molecule has 4 aliphatic rings. The molecule has 0 bridgehead atoms. The molecule has 0 atom stereocenters. The minimum atomic E-state index is -0.00158. The van der Waals surface area contributed by atoms with Gasteiger partial charge in [0.1, 0.15) is 23.0 Å². The summed E-state index contributed by atoms with van der Waals surface area (Å²) in [6.07, 6.45) is 0. The van der Waals surface area contributed by atoms with Crippen molar-refractivity contribution in [1.82, 2.24) is 9.13 Å². The van der Waals surface area contributed by atoms with Gasteiger partial charge in [-0.15, -0.1) is 0 Å². The summed E-state index contributed by atoms with van der Waals surface area (Å²) >= 11 is 0. The molecule has 4 nitrogen and oxygen atoms in total. The number of rotatable bonds is 3. The maximum absolute atomic E-state index is 7.42. The zero-order chi connectivity index (χ0) is 38.2. The van der Waals surface area contributed by atoms with Crippen molar-refractivity contribution in [2.45, 2.75) is 59.3 Å². The van der Waals surface area contributed by atoms with Crippen molar-refractivity contribution in [3.8, 4) is 34.4 Å². The van der Waals surface area contributed by atoms with E-state index in [1.807, 2.05) is 0 Å². The Labute approximate surface area is 332 Å². The van der Waals surface area contributed by atoms with Crippen LogP contribution in [0.4, 0.5) is 0 Å². The summed E-state index contributed by atoms with van der Waals surface area (Å²) in [6, 6.07) is 43.3. The molecule has 0 saturated carbocycles. The molecule has 0 saturated heterocycles. The lowest BCUT2D eigenvalue weighted by molar-refractivity contribution is 0.449. The van der Waals surface area contributed by atoms with Gasteiger partial charge in [-0.25, -0.2) is 0 Å². The summed E-state index contributed by atoms with van der Waals surface area (Å²) in [5.41, 5.74) is 19.0. The van der Waals surface area contributed by atoms with Gasteiger partial charge in [0.05, 0.1) is 22.1 Å². The Morgan fingerprint density at radius 3 is 1.32 bits per heavy atom. The second-order valence-electron chi connectivity index (χ2n) is 17.7. The minimum Gasteiger partial charge on any atom is -0.458 e. The van der Waals surface area contributed by atoms with Crippen LogP contribution in [0.15, 0.2) is 115 Å². The van der Waals surface area contributed by atoms with Crippen molar-refractivity contribution in [1.29, 1.82) is 0 Å². The van der Waals surface area contributed by atoms with Gasteiger partial charge in [0, 0.05) is 38.5 Å². The molecule has 0 aliphatic carbocycles.